The van der Waals surface area contributed by atoms with Gasteiger partial charge in [0, 0.05) is 12.7 Å². The zero-order valence-corrected chi connectivity index (χ0v) is 14.9. The lowest BCUT2D eigenvalue weighted by atomic mass is 10.1. The summed E-state index contributed by atoms with van der Waals surface area (Å²) in [6, 6.07) is 12.6. The molecule has 2 rings (SSSR count). The van der Waals surface area contributed by atoms with Crippen LogP contribution in [0.3, 0.4) is 0 Å². The molecular formula is C19H20F3NO3. The van der Waals surface area contributed by atoms with E-state index < -0.39 is 18.1 Å². The van der Waals surface area contributed by atoms with Crippen molar-refractivity contribution in [2.24, 2.45) is 0 Å². The Kier molecular flexibility index (Phi) is 5.49. The Morgan fingerprint density at radius 1 is 0.885 bits per heavy atom. The average Bonchev–Trinajstić information content (AvgIpc) is 2.52. The van der Waals surface area contributed by atoms with E-state index >= 15 is 0 Å². The van der Waals surface area contributed by atoms with Gasteiger partial charge >= 0.3 is 12.5 Å². The maximum atomic E-state index is 12.2. The lowest BCUT2D eigenvalue weighted by Crippen LogP contribution is -2.34. The maximum Gasteiger partial charge on any atom is 0.573 e. The van der Waals surface area contributed by atoms with Gasteiger partial charge < -0.3 is 9.47 Å². The Bertz CT molecular complexity index is 748. The summed E-state index contributed by atoms with van der Waals surface area (Å²) >= 11 is 0. The molecule has 140 valence electrons. The number of alkyl halides is 3. The summed E-state index contributed by atoms with van der Waals surface area (Å²) in [5.41, 5.74) is 1.57. The van der Waals surface area contributed by atoms with E-state index in [1.807, 2.05) is 0 Å². The first-order valence-electron chi connectivity index (χ1n) is 7.87. The summed E-state index contributed by atoms with van der Waals surface area (Å²) in [5, 5.41) is 0. The minimum atomic E-state index is -4.71. The van der Waals surface area contributed by atoms with Crippen molar-refractivity contribution in [2.45, 2.75) is 32.7 Å². The van der Waals surface area contributed by atoms with Crippen LogP contribution in [-0.4, -0.2) is 25.1 Å². The Balaban J connectivity index is 2.10. The molecule has 0 saturated carbocycles. The normalized spacial score (nSPS) is 11.8. The van der Waals surface area contributed by atoms with Gasteiger partial charge in [-0.3, -0.25) is 4.90 Å². The first-order chi connectivity index (χ1) is 11.9. The van der Waals surface area contributed by atoms with Crippen LogP contribution in [0.2, 0.25) is 0 Å². The molecule has 0 spiro atoms. The van der Waals surface area contributed by atoms with Crippen molar-refractivity contribution in [3.63, 3.8) is 0 Å². The van der Waals surface area contributed by atoms with Crippen LogP contribution in [-0.2, 0) is 4.74 Å². The van der Waals surface area contributed by atoms with Crippen molar-refractivity contribution < 1.29 is 27.4 Å². The van der Waals surface area contributed by atoms with Gasteiger partial charge in [0.25, 0.3) is 0 Å². The van der Waals surface area contributed by atoms with E-state index in [9.17, 15) is 18.0 Å². The number of rotatable bonds is 3. The summed E-state index contributed by atoms with van der Waals surface area (Å²) in [4.78, 5) is 13.4. The Morgan fingerprint density at radius 2 is 1.35 bits per heavy atom. The van der Waals surface area contributed by atoms with Gasteiger partial charge in [-0.15, -0.1) is 13.2 Å². The minimum absolute atomic E-state index is 0.275. The van der Waals surface area contributed by atoms with Crippen LogP contribution in [0.1, 0.15) is 20.8 Å². The van der Waals surface area contributed by atoms with Crippen LogP contribution >= 0.6 is 0 Å². The molecule has 0 unspecified atom stereocenters. The fraction of sp³-hybridized carbons (Fsp3) is 0.316. The fourth-order valence-electron chi connectivity index (χ4n) is 2.16. The summed E-state index contributed by atoms with van der Waals surface area (Å²) in [6.07, 6.45) is -5.19. The lowest BCUT2D eigenvalue weighted by Gasteiger charge is -2.24. The number of amides is 1. The number of halogens is 3. The van der Waals surface area contributed by atoms with Crippen molar-refractivity contribution in [2.75, 3.05) is 11.9 Å². The van der Waals surface area contributed by atoms with Gasteiger partial charge in [-0.05, 0) is 56.2 Å². The van der Waals surface area contributed by atoms with Crippen LogP contribution in [0, 0.1) is 0 Å². The van der Waals surface area contributed by atoms with Gasteiger partial charge in [0.1, 0.15) is 11.4 Å². The molecule has 26 heavy (non-hydrogen) atoms. The zero-order chi connectivity index (χ0) is 19.5. The third kappa shape index (κ3) is 5.68. The van der Waals surface area contributed by atoms with E-state index in [4.69, 9.17) is 4.74 Å². The number of anilines is 1. The number of hydrogen-bond acceptors (Lipinski definition) is 3. The van der Waals surface area contributed by atoms with E-state index in [1.165, 1.54) is 29.2 Å². The molecule has 0 atom stereocenters. The van der Waals surface area contributed by atoms with Crippen molar-refractivity contribution in [3.05, 3.63) is 48.5 Å². The minimum Gasteiger partial charge on any atom is -0.443 e. The van der Waals surface area contributed by atoms with Crippen LogP contribution in [0.5, 0.6) is 5.75 Å². The van der Waals surface area contributed by atoms with Crippen LogP contribution in [0.15, 0.2) is 48.5 Å². The monoisotopic (exact) mass is 367 g/mol. The quantitative estimate of drug-likeness (QED) is 0.706. The van der Waals surface area contributed by atoms with Crippen molar-refractivity contribution in [3.8, 4) is 16.9 Å². The van der Waals surface area contributed by atoms with Crippen LogP contribution in [0.4, 0.5) is 23.7 Å². The smallest absolute Gasteiger partial charge is 0.443 e. The molecule has 0 N–H and O–H groups in total. The third-order valence-corrected chi connectivity index (χ3v) is 3.34. The standard InChI is InChI=1S/C19H20F3NO3/c1-18(2,3)26-17(24)23(4)15-9-5-13(6-10-15)14-7-11-16(12-8-14)25-19(20,21)22/h5-12H,1-4H3. The first kappa shape index (κ1) is 19.6. The largest absolute Gasteiger partial charge is 0.573 e. The number of nitrogens with zero attached hydrogens (tertiary/aromatic N) is 1. The number of carbonyl (C=O) groups excluding carboxylic acids is 1. The molecule has 4 nitrogen and oxygen atoms in total. The van der Waals surface area contributed by atoms with Crippen LogP contribution in [0.25, 0.3) is 11.1 Å². The number of carbonyl (C=O) groups is 1. The second-order valence-corrected chi connectivity index (χ2v) is 6.66. The molecule has 0 bridgehead atoms. The van der Waals surface area contributed by atoms with Gasteiger partial charge in [-0.2, -0.15) is 0 Å². The van der Waals surface area contributed by atoms with Gasteiger partial charge in [0.2, 0.25) is 0 Å². The van der Waals surface area contributed by atoms with E-state index in [0.717, 1.165) is 11.1 Å². The highest BCUT2D eigenvalue weighted by Gasteiger charge is 2.31. The lowest BCUT2D eigenvalue weighted by molar-refractivity contribution is -0.274. The molecule has 0 radical (unpaired) electrons. The van der Waals surface area contributed by atoms with Gasteiger partial charge in [0.05, 0.1) is 0 Å². The second-order valence-electron chi connectivity index (χ2n) is 6.66. The number of benzene rings is 2. The summed E-state index contributed by atoms with van der Waals surface area (Å²) in [5.74, 6) is -0.275. The Labute approximate surface area is 150 Å². The molecule has 0 aliphatic heterocycles. The third-order valence-electron chi connectivity index (χ3n) is 3.34. The van der Waals surface area contributed by atoms with Gasteiger partial charge in [-0.25, -0.2) is 4.79 Å². The van der Waals surface area contributed by atoms with E-state index in [-0.39, 0.29) is 5.75 Å². The van der Waals surface area contributed by atoms with Gasteiger partial charge in [0.15, 0.2) is 0 Å². The topological polar surface area (TPSA) is 38.8 Å². The fourth-order valence-corrected chi connectivity index (χ4v) is 2.16. The second kappa shape index (κ2) is 7.27. The highest BCUT2D eigenvalue weighted by molar-refractivity contribution is 5.87. The molecule has 0 aliphatic carbocycles. The highest BCUT2D eigenvalue weighted by atomic mass is 19.4. The summed E-state index contributed by atoms with van der Waals surface area (Å²) in [6.45, 7) is 5.36. The predicted octanol–water partition coefficient (Wildman–Crippen LogP) is 5.62. The van der Waals surface area contributed by atoms with Crippen LogP contribution < -0.4 is 9.64 Å². The van der Waals surface area contributed by atoms with Crippen molar-refractivity contribution >= 4 is 11.8 Å². The number of ether oxygens (including phenoxy) is 2. The summed E-state index contributed by atoms with van der Waals surface area (Å²) < 4.78 is 45.7. The molecule has 0 aliphatic rings. The number of hydrogen-bond donors (Lipinski definition) is 0. The maximum absolute atomic E-state index is 12.2. The van der Waals surface area contributed by atoms with Crippen molar-refractivity contribution in [1.82, 2.24) is 0 Å². The summed E-state index contributed by atoms with van der Waals surface area (Å²) in [7, 11) is 1.60. The van der Waals surface area contributed by atoms with E-state index in [0.29, 0.717) is 5.69 Å². The molecule has 2 aromatic rings. The first-order valence-corrected chi connectivity index (χ1v) is 7.87. The molecule has 2 aromatic carbocycles. The van der Waals surface area contributed by atoms with E-state index in [2.05, 4.69) is 4.74 Å². The van der Waals surface area contributed by atoms with Gasteiger partial charge in [-0.1, -0.05) is 24.3 Å². The van der Waals surface area contributed by atoms with Crippen molar-refractivity contribution in [1.29, 1.82) is 0 Å². The molecule has 0 aromatic heterocycles. The molecule has 0 heterocycles. The molecular weight excluding hydrogens is 347 g/mol. The SMILES string of the molecule is CN(C(=O)OC(C)(C)C)c1ccc(-c2ccc(OC(F)(F)F)cc2)cc1. The molecule has 0 fully saturated rings. The zero-order valence-electron chi connectivity index (χ0n) is 14.9. The molecule has 1 amide bonds. The predicted molar refractivity (Wildman–Crippen MR) is 93.2 cm³/mol. The molecule has 7 heteroatoms. The highest BCUT2D eigenvalue weighted by Crippen LogP contribution is 2.28. The Hall–Kier alpha value is -2.70. The molecule has 0 saturated heterocycles. The Morgan fingerprint density at radius 3 is 1.77 bits per heavy atom. The van der Waals surface area contributed by atoms with E-state index in [1.54, 1.807) is 52.1 Å². The average molecular weight is 367 g/mol.